The summed E-state index contributed by atoms with van der Waals surface area (Å²) in [5, 5.41) is 3.55. The largest absolute Gasteiger partial charge is 0.492 e. The molecular formula is C20H16F3N3O2. The van der Waals surface area contributed by atoms with Crippen molar-refractivity contribution in [1.82, 2.24) is 15.3 Å². The number of carbonyl (C=O) groups is 1. The van der Waals surface area contributed by atoms with Crippen molar-refractivity contribution in [1.29, 1.82) is 0 Å². The number of nitrogens with zero attached hydrogens (tertiary/aromatic N) is 2. The predicted molar refractivity (Wildman–Crippen MR) is 96.6 cm³/mol. The average molecular weight is 387 g/mol. The summed E-state index contributed by atoms with van der Waals surface area (Å²) in [4.78, 5) is 19.6. The van der Waals surface area contributed by atoms with E-state index in [1.165, 1.54) is 6.07 Å². The van der Waals surface area contributed by atoms with Crippen LogP contribution < -0.4 is 10.1 Å². The minimum atomic E-state index is -4.43. The van der Waals surface area contributed by atoms with Crippen LogP contribution in [0.25, 0.3) is 22.2 Å². The van der Waals surface area contributed by atoms with E-state index in [1.54, 1.807) is 24.4 Å². The molecule has 28 heavy (non-hydrogen) atoms. The highest BCUT2D eigenvalue weighted by Gasteiger charge is 2.30. The van der Waals surface area contributed by atoms with Crippen LogP contribution in [0, 0.1) is 5.92 Å². The summed E-state index contributed by atoms with van der Waals surface area (Å²) < 4.78 is 44.3. The molecule has 4 rings (SSSR count). The number of halogens is 3. The van der Waals surface area contributed by atoms with E-state index in [1.807, 2.05) is 6.07 Å². The second kappa shape index (κ2) is 7.10. The first-order valence-electron chi connectivity index (χ1n) is 8.72. The molecule has 0 unspecified atom stereocenters. The lowest BCUT2D eigenvalue weighted by atomic mass is 10.1. The van der Waals surface area contributed by atoms with E-state index in [9.17, 15) is 18.0 Å². The Labute approximate surface area is 158 Å². The molecule has 1 saturated heterocycles. The smallest absolute Gasteiger partial charge is 0.417 e. The number of hydrogen-bond acceptors (Lipinski definition) is 4. The predicted octanol–water partition coefficient (Wildman–Crippen LogP) is 3.83. The summed E-state index contributed by atoms with van der Waals surface area (Å²) in [7, 11) is 0. The third-order valence-corrected chi connectivity index (χ3v) is 4.61. The molecule has 1 aliphatic heterocycles. The van der Waals surface area contributed by atoms with Gasteiger partial charge in [0.1, 0.15) is 5.75 Å². The van der Waals surface area contributed by atoms with Crippen molar-refractivity contribution in [3.8, 4) is 17.0 Å². The number of ether oxygens (including phenoxy) is 1. The molecule has 0 aliphatic carbocycles. The second-order valence-electron chi connectivity index (χ2n) is 6.66. The Morgan fingerprint density at radius 3 is 2.71 bits per heavy atom. The van der Waals surface area contributed by atoms with E-state index >= 15 is 0 Å². The molecule has 1 N–H and O–H groups in total. The van der Waals surface area contributed by atoms with Gasteiger partial charge in [0.15, 0.2) is 0 Å². The number of rotatable bonds is 4. The summed E-state index contributed by atoms with van der Waals surface area (Å²) in [5.74, 6) is 0.636. The fourth-order valence-electron chi connectivity index (χ4n) is 3.14. The van der Waals surface area contributed by atoms with Gasteiger partial charge >= 0.3 is 6.18 Å². The van der Waals surface area contributed by atoms with Gasteiger partial charge < -0.3 is 10.1 Å². The maximum absolute atomic E-state index is 12.8. The van der Waals surface area contributed by atoms with E-state index in [4.69, 9.17) is 4.74 Å². The van der Waals surface area contributed by atoms with Crippen molar-refractivity contribution in [3.63, 3.8) is 0 Å². The zero-order valence-electron chi connectivity index (χ0n) is 14.7. The van der Waals surface area contributed by atoms with Crippen molar-refractivity contribution in [2.24, 2.45) is 5.92 Å². The van der Waals surface area contributed by atoms with Crippen LogP contribution >= 0.6 is 0 Å². The summed E-state index contributed by atoms with van der Waals surface area (Å²) in [6.07, 6.45) is -1.57. The summed E-state index contributed by atoms with van der Waals surface area (Å²) in [5.41, 5.74) is 0.848. The molecule has 144 valence electrons. The second-order valence-corrected chi connectivity index (χ2v) is 6.66. The molecule has 3 aromatic rings. The Kier molecular flexibility index (Phi) is 4.62. The van der Waals surface area contributed by atoms with Crippen molar-refractivity contribution < 1.29 is 22.7 Å². The van der Waals surface area contributed by atoms with Gasteiger partial charge in [-0.25, -0.2) is 0 Å². The summed E-state index contributed by atoms with van der Waals surface area (Å²) in [6, 6.07) is 9.48. The molecule has 8 heteroatoms. The minimum Gasteiger partial charge on any atom is -0.492 e. The molecule has 1 atom stereocenters. The zero-order chi connectivity index (χ0) is 19.7. The van der Waals surface area contributed by atoms with E-state index < -0.39 is 11.7 Å². The molecule has 3 heterocycles. The van der Waals surface area contributed by atoms with Crippen LogP contribution in [0.15, 0.2) is 48.8 Å². The molecule has 2 aromatic heterocycles. The molecule has 1 fully saturated rings. The quantitative estimate of drug-likeness (QED) is 0.739. The average Bonchev–Trinajstić information content (AvgIpc) is 3.10. The third-order valence-electron chi connectivity index (χ3n) is 4.61. The van der Waals surface area contributed by atoms with E-state index in [0.29, 0.717) is 42.1 Å². The van der Waals surface area contributed by atoms with Gasteiger partial charge in [-0.3, -0.25) is 14.8 Å². The molecule has 0 radical (unpaired) electrons. The van der Waals surface area contributed by atoms with Gasteiger partial charge in [0, 0.05) is 42.2 Å². The minimum absolute atomic E-state index is 0.00262. The monoisotopic (exact) mass is 387 g/mol. The van der Waals surface area contributed by atoms with Crippen molar-refractivity contribution in [3.05, 3.63) is 54.4 Å². The van der Waals surface area contributed by atoms with Gasteiger partial charge in [0.25, 0.3) is 0 Å². The van der Waals surface area contributed by atoms with Gasteiger partial charge in [-0.1, -0.05) is 0 Å². The highest BCUT2D eigenvalue weighted by atomic mass is 19.4. The molecule has 0 bridgehead atoms. The van der Waals surface area contributed by atoms with Gasteiger partial charge in [0.2, 0.25) is 5.91 Å². The van der Waals surface area contributed by atoms with Gasteiger partial charge in [-0.2, -0.15) is 13.2 Å². The van der Waals surface area contributed by atoms with Crippen LogP contribution in [-0.4, -0.2) is 29.0 Å². The molecular weight excluding hydrogens is 371 g/mol. The van der Waals surface area contributed by atoms with Crippen LogP contribution in [0.2, 0.25) is 0 Å². The first kappa shape index (κ1) is 18.2. The molecule has 0 saturated carbocycles. The van der Waals surface area contributed by atoms with Gasteiger partial charge in [-0.15, -0.1) is 0 Å². The maximum Gasteiger partial charge on any atom is 0.417 e. The highest BCUT2D eigenvalue weighted by molar-refractivity contribution is 5.89. The number of pyridine rings is 2. The van der Waals surface area contributed by atoms with E-state index in [-0.39, 0.29) is 11.8 Å². The number of aromatic nitrogens is 2. The number of alkyl halides is 3. The summed E-state index contributed by atoms with van der Waals surface area (Å²) >= 11 is 0. The molecule has 0 spiro atoms. The third kappa shape index (κ3) is 3.76. The van der Waals surface area contributed by atoms with Crippen molar-refractivity contribution in [2.45, 2.75) is 12.6 Å². The lowest BCUT2D eigenvalue weighted by Gasteiger charge is -2.14. The number of carbonyl (C=O) groups excluding carboxylic acids is 1. The zero-order valence-corrected chi connectivity index (χ0v) is 14.7. The van der Waals surface area contributed by atoms with Gasteiger partial charge in [0.05, 0.1) is 23.4 Å². The number of hydrogen-bond donors (Lipinski definition) is 1. The standard InChI is InChI=1S/C20H16F3N3O2/c21-20(22,23)14-3-4-16(25-10-14)13-7-17-15(2-1-5-24-17)18(8-13)28-11-12-6-19(27)26-9-12/h1-5,7-8,10,12H,6,9,11H2,(H,26,27)/t12-/m1/s1. The van der Waals surface area contributed by atoms with Crippen LogP contribution in [0.3, 0.4) is 0 Å². The first-order valence-corrected chi connectivity index (χ1v) is 8.72. The van der Waals surface area contributed by atoms with Crippen LogP contribution in [0.1, 0.15) is 12.0 Å². The van der Waals surface area contributed by atoms with Crippen LogP contribution in [0.4, 0.5) is 13.2 Å². The number of fused-ring (bicyclic) bond motifs is 1. The normalized spacial score (nSPS) is 17.0. The number of benzene rings is 1. The SMILES string of the molecule is O=C1C[C@@H](COc2cc(-c3ccc(C(F)(F)F)cn3)cc3ncccc23)CN1. The molecule has 1 aliphatic rings. The van der Waals surface area contributed by atoms with E-state index in [2.05, 4.69) is 15.3 Å². The lowest BCUT2D eigenvalue weighted by molar-refractivity contribution is -0.137. The molecule has 5 nitrogen and oxygen atoms in total. The van der Waals surface area contributed by atoms with E-state index in [0.717, 1.165) is 17.6 Å². The Bertz CT molecular complexity index is 1020. The first-order chi connectivity index (χ1) is 13.4. The number of amides is 1. The molecule has 1 amide bonds. The topological polar surface area (TPSA) is 64.1 Å². The Hall–Kier alpha value is -3.16. The fourth-order valence-corrected chi connectivity index (χ4v) is 3.14. The Morgan fingerprint density at radius 1 is 1.18 bits per heavy atom. The van der Waals surface area contributed by atoms with Gasteiger partial charge in [-0.05, 0) is 36.4 Å². The molecule has 1 aromatic carbocycles. The van der Waals surface area contributed by atoms with Crippen molar-refractivity contribution in [2.75, 3.05) is 13.2 Å². The number of nitrogens with one attached hydrogen (secondary N) is 1. The fraction of sp³-hybridized carbons (Fsp3) is 0.250. The van der Waals surface area contributed by atoms with Crippen LogP contribution in [-0.2, 0) is 11.0 Å². The van der Waals surface area contributed by atoms with Crippen molar-refractivity contribution >= 4 is 16.8 Å². The lowest BCUT2D eigenvalue weighted by Crippen LogP contribution is -2.16. The maximum atomic E-state index is 12.8. The van der Waals surface area contributed by atoms with Crippen LogP contribution in [0.5, 0.6) is 5.75 Å². The highest BCUT2D eigenvalue weighted by Crippen LogP contribution is 2.33. The Morgan fingerprint density at radius 2 is 2.04 bits per heavy atom. The summed E-state index contributed by atoms with van der Waals surface area (Å²) in [6.45, 7) is 0.918. The Balaban J connectivity index is 1.66.